The van der Waals surface area contributed by atoms with Crippen molar-refractivity contribution in [3.05, 3.63) is 53.3 Å². The largest absolute Gasteiger partial charge is 0.350 e. The fourth-order valence-corrected chi connectivity index (χ4v) is 1.58. The van der Waals surface area contributed by atoms with Crippen LogP contribution in [0.1, 0.15) is 16.8 Å². The van der Waals surface area contributed by atoms with Crippen molar-refractivity contribution in [3.63, 3.8) is 0 Å². The maximum Gasteiger partial charge on any atom is 0.339 e. The Balaban J connectivity index is 2.21. The first-order chi connectivity index (χ1) is 7.66. The Labute approximate surface area is 93.7 Å². The lowest BCUT2D eigenvalue weighted by Crippen LogP contribution is -2.20. The highest BCUT2D eigenvalue weighted by molar-refractivity contribution is 5.73. The number of primary amides is 1. The van der Waals surface area contributed by atoms with Crippen LogP contribution in [-0.4, -0.2) is 15.8 Å². The summed E-state index contributed by atoms with van der Waals surface area (Å²) in [5, 5.41) is 4.09. The molecule has 2 rings (SSSR count). The number of benzene rings is 1. The van der Waals surface area contributed by atoms with E-state index in [2.05, 4.69) is 24.2 Å². The second kappa shape index (κ2) is 4.18. The third kappa shape index (κ3) is 2.11. The van der Waals surface area contributed by atoms with Gasteiger partial charge in [-0.15, -0.1) is 0 Å². The van der Waals surface area contributed by atoms with Gasteiger partial charge in [0, 0.05) is 12.6 Å². The van der Waals surface area contributed by atoms with E-state index < -0.39 is 6.03 Å². The first-order valence-corrected chi connectivity index (χ1v) is 5.05. The zero-order valence-electron chi connectivity index (χ0n) is 9.05. The Kier molecular flexibility index (Phi) is 2.72. The normalized spacial score (nSPS) is 10.3. The lowest BCUT2D eigenvalue weighted by Gasteiger charge is -2.02. The van der Waals surface area contributed by atoms with Gasteiger partial charge in [0.05, 0.1) is 5.69 Å². The van der Waals surface area contributed by atoms with Gasteiger partial charge in [0.25, 0.3) is 0 Å². The van der Waals surface area contributed by atoms with Crippen molar-refractivity contribution in [2.45, 2.75) is 13.3 Å². The summed E-state index contributed by atoms with van der Waals surface area (Å²) in [6, 6.07) is 9.35. The number of aryl methyl sites for hydroxylation is 1. The fraction of sp³-hybridized carbons (Fsp3) is 0.167. The van der Waals surface area contributed by atoms with Gasteiger partial charge in [0.15, 0.2) is 0 Å². The number of rotatable bonds is 2. The number of carbonyl (C=O) groups excluding carboxylic acids is 1. The van der Waals surface area contributed by atoms with Crippen molar-refractivity contribution >= 4 is 6.03 Å². The molecule has 2 aromatic rings. The molecule has 0 atom stereocenters. The summed E-state index contributed by atoms with van der Waals surface area (Å²) in [4.78, 5) is 10.9. The van der Waals surface area contributed by atoms with E-state index in [-0.39, 0.29) is 0 Å². The summed E-state index contributed by atoms with van der Waals surface area (Å²) in [6.07, 6.45) is 2.29. The summed E-state index contributed by atoms with van der Waals surface area (Å²) >= 11 is 0. The maximum absolute atomic E-state index is 10.9. The molecular formula is C12H13N3O. The zero-order valence-corrected chi connectivity index (χ0v) is 9.05. The second-order valence-corrected chi connectivity index (χ2v) is 3.69. The van der Waals surface area contributed by atoms with Crippen molar-refractivity contribution in [2.75, 3.05) is 0 Å². The van der Waals surface area contributed by atoms with Crippen LogP contribution in [0.5, 0.6) is 0 Å². The molecule has 4 heteroatoms. The molecule has 82 valence electrons. The summed E-state index contributed by atoms with van der Waals surface area (Å²) in [5.41, 5.74) is 8.38. The molecule has 0 saturated carbocycles. The van der Waals surface area contributed by atoms with Crippen LogP contribution < -0.4 is 5.73 Å². The molecule has 0 aliphatic heterocycles. The average Bonchev–Trinajstić information content (AvgIpc) is 2.70. The number of carbonyl (C=O) groups is 1. The van der Waals surface area contributed by atoms with Gasteiger partial charge in [-0.1, -0.05) is 24.3 Å². The van der Waals surface area contributed by atoms with E-state index in [9.17, 15) is 4.79 Å². The number of hydrogen-bond donors (Lipinski definition) is 1. The molecule has 0 radical (unpaired) electrons. The summed E-state index contributed by atoms with van der Waals surface area (Å²) < 4.78 is 1.15. The van der Waals surface area contributed by atoms with Crippen LogP contribution >= 0.6 is 0 Å². The van der Waals surface area contributed by atoms with Crippen molar-refractivity contribution in [3.8, 4) is 0 Å². The molecule has 4 nitrogen and oxygen atoms in total. The van der Waals surface area contributed by atoms with E-state index in [4.69, 9.17) is 5.73 Å². The number of nitrogens with two attached hydrogens (primary N) is 1. The maximum atomic E-state index is 10.9. The molecule has 0 bridgehead atoms. The minimum absolute atomic E-state index is 0.559. The van der Waals surface area contributed by atoms with E-state index in [1.54, 1.807) is 12.3 Å². The van der Waals surface area contributed by atoms with Crippen molar-refractivity contribution < 1.29 is 4.79 Å². The predicted octanol–water partition coefficient (Wildman–Crippen LogP) is 1.71. The third-order valence-electron chi connectivity index (χ3n) is 2.50. The van der Waals surface area contributed by atoms with Gasteiger partial charge >= 0.3 is 6.03 Å². The van der Waals surface area contributed by atoms with E-state index in [1.165, 1.54) is 11.1 Å². The summed E-state index contributed by atoms with van der Waals surface area (Å²) in [7, 11) is 0. The molecule has 0 saturated heterocycles. The Morgan fingerprint density at radius 3 is 2.75 bits per heavy atom. The van der Waals surface area contributed by atoms with Crippen LogP contribution in [0.15, 0.2) is 36.5 Å². The molecule has 2 N–H and O–H groups in total. The van der Waals surface area contributed by atoms with Gasteiger partial charge in [0.1, 0.15) is 0 Å². The molecular weight excluding hydrogens is 202 g/mol. The predicted molar refractivity (Wildman–Crippen MR) is 61.2 cm³/mol. The Hall–Kier alpha value is -2.10. The number of nitrogens with zero attached hydrogens (tertiary/aromatic N) is 2. The molecule has 1 amide bonds. The monoisotopic (exact) mass is 215 g/mol. The van der Waals surface area contributed by atoms with Crippen LogP contribution in [0.2, 0.25) is 0 Å². The molecule has 0 spiro atoms. The number of hydrogen-bond acceptors (Lipinski definition) is 2. The highest BCUT2D eigenvalue weighted by atomic mass is 16.2. The van der Waals surface area contributed by atoms with Gasteiger partial charge in [-0.3, -0.25) is 0 Å². The van der Waals surface area contributed by atoms with Crippen LogP contribution in [0.4, 0.5) is 4.79 Å². The quantitative estimate of drug-likeness (QED) is 0.828. The van der Waals surface area contributed by atoms with E-state index in [0.717, 1.165) is 10.4 Å². The Morgan fingerprint density at radius 2 is 2.12 bits per heavy atom. The second-order valence-electron chi connectivity index (χ2n) is 3.69. The molecule has 0 fully saturated rings. The van der Waals surface area contributed by atoms with Gasteiger partial charge in [0.2, 0.25) is 0 Å². The Bertz CT molecular complexity index is 516. The molecule has 16 heavy (non-hydrogen) atoms. The first kappa shape index (κ1) is 10.4. The zero-order chi connectivity index (χ0) is 11.5. The minimum Gasteiger partial charge on any atom is -0.350 e. The van der Waals surface area contributed by atoms with Crippen LogP contribution in [0.25, 0.3) is 0 Å². The van der Waals surface area contributed by atoms with Gasteiger partial charge in [-0.05, 0) is 24.1 Å². The van der Waals surface area contributed by atoms with Crippen LogP contribution in [0, 0.1) is 6.92 Å². The van der Waals surface area contributed by atoms with E-state index in [0.29, 0.717) is 6.42 Å². The number of aromatic nitrogens is 2. The summed E-state index contributed by atoms with van der Waals surface area (Å²) in [6.45, 7) is 2.06. The average molecular weight is 215 g/mol. The molecule has 0 aliphatic carbocycles. The smallest absolute Gasteiger partial charge is 0.339 e. The van der Waals surface area contributed by atoms with Gasteiger partial charge < -0.3 is 5.73 Å². The Morgan fingerprint density at radius 1 is 1.38 bits per heavy atom. The van der Waals surface area contributed by atoms with Gasteiger partial charge in [-0.2, -0.15) is 9.78 Å². The van der Waals surface area contributed by atoms with Crippen LogP contribution in [0.3, 0.4) is 0 Å². The molecule has 1 aromatic heterocycles. The highest BCUT2D eigenvalue weighted by Gasteiger charge is 2.04. The lowest BCUT2D eigenvalue weighted by atomic mass is 10.0. The van der Waals surface area contributed by atoms with Crippen molar-refractivity contribution in [2.24, 2.45) is 5.73 Å². The fourth-order valence-electron chi connectivity index (χ4n) is 1.58. The molecule has 1 heterocycles. The number of amides is 1. The minimum atomic E-state index is -0.559. The van der Waals surface area contributed by atoms with Crippen molar-refractivity contribution in [1.82, 2.24) is 9.78 Å². The van der Waals surface area contributed by atoms with E-state index in [1.807, 2.05) is 12.1 Å². The standard InChI is InChI=1S/C12H13N3O/c1-9-4-2-3-5-10(9)8-11-6-7-15(14-11)12(13)16/h2-7H,8H2,1H3,(H2,13,16). The van der Waals surface area contributed by atoms with Gasteiger partial charge in [-0.25, -0.2) is 4.79 Å². The van der Waals surface area contributed by atoms with Crippen molar-refractivity contribution in [1.29, 1.82) is 0 Å². The van der Waals surface area contributed by atoms with Crippen LogP contribution in [-0.2, 0) is 6.42 Å². The highest BCUT2D eigenvalue weighted by Crippen LogP contribution is 2.11. The van der Waals surface area contributed by atoms with E-state index >= 15 is 0 Å². The summed E-state index contributed by atoms with van der Waals surface area (Å²) in [5.74, 6) is 0. The first-order valence-electron chi connectivity index (χ1n) is 5.05. The third-order valence-corrected chi connectivity index (χ3v) is 2.50. The lowest BCUT2D eigenvalue weighted by molar-refractivity contribution is 0.247. The topological polar surface area (TPSA) is 60.9 Å². The SMILES string of the molecule is Cc1ccccc1Cc1ccn(C(N)=O)n1. The molecule has 1 aromatic carbocycles. The molecule has 0 unspecified atom stereocenters. The molecule has 0 aliphatic rings.